The lowest BCUT2D eigenvalue weighted by molar-refractivity contribution is -0.117. The third kappa shape index (κ3) is 2.24. The van der Waals surface area contributed by atoms with Crippen molar-refractivity contribution in [2.24, 2.45) is 5.92 Å². The molecule has 2 heterocycles. The predicted molar refractivity (Wildman–Crippen MR) is 78.6 cm³/mol. The molecule has 1 aromatic rings. The molecule has 0 aliphatic carbocycles. The second-order valence-electron chi connectivity index (χ2n) is 6.12. The molecule has 4 nitrogen and oxygen atoms in total. The van der Waals surface area contributed by atoms with Crippen molar-refractivity contribution in [3.8, 4) is 0 Å². The number of benzene rings is 1. The standard InChI is InChI=1S/C15H19NO3S/c1-10(2)11-3-5-13(6-4-11)16-14-9-20(18,19)8-12(14)7-15(16)17/h3-6,10,12,14H,7-9H2,1-2H3/t12-,14-/m1/s1. The highest BCUT2D eigenvalue weighted by Crippen LogP contribution is 2.37. The third-order valence-corrected chi connectivity index (χ3v) is 6.10. The van der Waals surface area contributed by atoms with E-state index in [9.17, 15) is 13.2 Å². The fraction of sp³-hybridized carbons (Fsp3) is 0.533. The maximum atomic E-state index is 12.1. The van der Waals surface area contributed by atoms with E-state index in [1.165, 1.54) is 5.56 Å². The van der Waals surface area contributed by atoms with Crippen molar-refractivity contribution in [3.05, 3.63) is 29.8 Å². The molecule has 108 valence electrons. The molecule has 2 atom stereocenters. The molecule has 20 heavy (non-hydrogen) atoms. The number of hydrogen-bond acceptors (Lipinski definition) is 3. The number of carbonyl (C=O) groups excluding carboxylic acids is 1. The van der Waals surface area contributed by atoms with Crippen LogP contribution in [0.3, 0.4) is 0 Å². The Morgan fingerprint density at radius 2 is 1.80 bits per heavy atom. The average molecular weight is 293 g/mol. The van der Waals surface area contributed by atoms with Gasteiger partial charge in [0.1, 0.15) is 0 Å². The second kappa shape index (κ2) is 4.58. The summed E-state index contributed by atoms with van der Waals surface area (Å²) in [5.41, 5.74) is 2.04. The molecule has 2 aliphatic heterocycles. The van der Waals surface area contributed by atoms with E-state index in [4.69, 9.17) is 0 Å². The van der Waals surface area contributed by atoms with Crippen LogP contribution in [-0.2, 0) is 14.6 Å². The minimum absolute atomic E-state index is 0.0303. The maximum Gasteiger partial charge on any atom is 0.227 e. The summed E-state index contributed by atoms with van der Waals surface area (Å²) in [6, 6.07) is 7.73. The van der Waals surface area contributed by atoms with Crippen LogP contribution >= 0.6 is 0 Å². The lowest BCUT2D eigenvalue weighted by Crippen LogP contribution is -2.36. The molecule has 5 heteroatoms. The second-order valence-corrected chi connectivity index (χ2v) is 8.27. The summed E-state index contributed by atoms with van der Waals surface area (Å²) in [7, 11) is -2.99. The molecule has 2 fully saturated rings. The van der Waals surface area contributed by atoms with E-state index in [1.807, 2.05) is 24.3 Å². The minimum atomic E-state index is -2.99. The summed E-state index contributed by atoms with van der Waals surface area (Å²) >= 11 is 0. The smallest absolute Gasteiger partial charge is 0.227 e. The monoisotopic (exact) mass is 293 g/mol. The molecule has 1 amide bonds. The van der Waals surface area contributed by atoms with Gasteiger partial charge in [-0.2, -0.15) is 0 Å². The largest absolute Gasteiger partial charge is 0.308 e. The minimum Gasteiger partial charge on any atom is -0.308 e. The zero-order valence-electron chi connectivity index (χ0n) is 11.7. The van der Waals surface area contributed by atoms with E-state index >= 15 is 0 Å². The highest BCUT2D eigenvalue weighted by molar-refractivity contribution is 7.91. The van der Waals surface area contributed by atoms with Gasteiger partial charge in [-0.1, -0.05) is 26.0 Å². The fourth-order valence-corrected chi connectivity index (χ4v) is 5.31. The van der Waals surface area contributed by atoms with Gasteiger partial charge in [0.15, 0.2) is 9.84 Å². The quantitative estimate of drug-likeness (QED) is 0.837. The Bertz CT molecular complexity index is 634. The SMILES string of the molecule is CC(C)c1ccc(N2C(=O)C[C@@H]3CS(=O)(=O)C[C@H]32)cc1. The summed E-state index contributed by atoms with van der Waals surface area (Å²) in [5.74, 6) is 0.724. The van der Waals surface area contributed by atoms with E-state index in [1.54, 1.807) is 4.90 Å². The Morgan fingerprint density at radius 1 is 1.15 bits per heavy atom. The van der Waals surface area contributed by atoms with Crippen LogP contribution in [0.1, 0.15) is 31.7 Å². The first kappa shape index (κ1) is 13.6. The molecular formula is C15H19NO3S. The van der Waals surface area contributed by atoms with Crippen LogP contribution in [0.25, 0.3) is 0 Å². The molecule has 0 spiro atoms. The van der Waals surface area contributed by atoms with Gasteiger partial charge in [-0.15, -0.1) is 0 Å². The first-order valence-electron chi connectivity index (χ1n) is 7.00. The van der Waals surface area contributed by atoms with Crippen LogP contribution in [0, 0.1) is 5.92 Å². The van der Waals surface area contributed by atoms with Crippen LogP contribution in [0.4, 0.5) is 5.69 Å². The van der Waals surface area contributed by atoms with Crippen molar-refractivity contribution in [1.29, 1.82) is 0 Å². The van der Waals surface area contributed by atoms with E-state index in [2.05, 4.69) is 13.8 Å². The highest BCUT2D eigenvalue weighted by Gasteiger charge is 2.49. The molecule has 2 aliphatic rings. The van der Waals surface area contributed by atoms with Gasteiger partial charge in [0, 0.05) is 18.0 Å². The van der Waals surface area contributed by atoms with Gasteiger partial charge in [0.25, 0.3) is 0 Å². The lowest BCUT2D eigenvalue weighted by Gasteiger charge is -2.23. The highest BCUT2D eigenvalue weighted by atomic mass is 32.2. The molecule has 0 N–H and O–H groups in total. The van der Waals surface area contributed by atoms with Crippen molar-refractivity contribution in [1.82, 2.24) is 0 Å². The Balaban J connectivity index is 1.91. The number of anilines is 1. The topological polar surface area (TPSA) is 54.5 Å². The number of sulfone groups is 1. The number of nitrogens with zero attached hydrogens (tertiary/aromatic N) is 1. The van der Waals surface area contributed by atoms with Gasteiger partial charge in [-0.05, 0) is 23.6 Å². The zero-order chi connectivity index (χ0) is 14.5. The fourth-order valence-electron chi connectivity index (χ4n) is 3.24. The molecule has 0 saturated carbocycles. The Hall–Kier alpha value is -1.36. The zero-order valence-corrected chi connectivity index (χ0v) is 12.6. The van der Waals surface area contributed by atoms with Gasteiger partial charge in [-0.25, -0.2) is 8.42 Å². The van der Waals surface area contributed by atoms with Crippen LogP contribution < -0.4 is 4.90 Å². The van der Waals surface area contributed by atoms with E-state index in [0.29, 0.717) is 12.3 Å². The van der Waals surface area contributed by atoms with Crippen LogP contribution in [0.15, 0.2) is 24.3 Å². The summed E-state index contributed by atoms with van der Waals surface area (Å²) in [6.07, 6.45) is 0.357. The van der Waals surface area contributed by atoms with Crippen molar-refractivity contribution in [3.63, 3.8) is 0 Å². The van der Waals surface area contributed by atoms with Crippen molar-refractivity contribution >= 4 is 21.4 Å². The number of carbonyl (C=O) groups is 1. The van der Waals surface area contributed by atoms with E-state index < -0.39 is 9.84 Å². The van der Waals surface area contributed by atoms with Crippen molar-refractivity contribution in [2.45, 2.75) is 32.2 Å². The third-order valence-electron chi connectivity index (χ3n) is 4.31. The van der Waals surface area contributed by atoms with Gasteiger partial charge >= 0.3 is 0 Å². The molecule has 1 aromatic carbocycles. The number of hydrogen-bond donors (Lipinski definition) is 0. The molecule has 0 bridgehead atoms. The Kier molecular flexibility index (Phi) is 3.12. The average Bonchev–Trinajstić information content (AvgIpc) is 2.79. The predicted octanol–water partition coefficient (Wildman–Crippen LogP) is 1.96. The van der Waals surface area contributed by atoms with Gasteiger partial charge in [-0.3, -0.25) is 4.79 Å². The van der Waals surface area contributed by atoms with Crippen LogP contribution in [-0.4, -0.2) is 31.9 Å². The summed E-state index contributed by atoms with van der Waals surface area (Å²) in [5, 5.41) is 0. The van der Waals surface area contributed by atoms with Crippen LogP contribution in [0.5, 0.6) is 0 Å². The van der Waals surface area contributed by atoms with Gasteiger partial charge in [0.05, 0.1) is 17.5 Å². The number of fused-ring (bicyclic) bond motifs is 1. The molecule has 3 rings (SSSR count). The first-order valence-corrected chi connectivity index (χ1v) is 8.82. The Morgan fingerprint density at radius 3 is 2.40 bits per heavy atom. The van der Waals surface area contributed by atoms with E-state index in [0.717, 1.165) is 5.69 Å². The first-order chi connectivity index (χ1) is 9.37. The summed E-state index contributed by atoms with van der Waals surface area (Å²) in [6.45, 7) is 4.24. The normalized spacial score (nSPS) is 28.1. The maximum absolute atomic E-state index is 12.1. The van der Waals surface area contributed by atoms with Crippen molar-refractivity contribution in [2.75, 3.05) is 16.4 Å². The molecule has 0 radical (unpaired) electrons. The summed E-state index contributed by atoms with van der Waals surface area (Å²) in [4.78, 5) is 13.8. The van der Waals surface area contributed by atoms with Gasteiger partial charge in [0.2, 0.25) is 5.91 Å². The van der Waals surface area contributed by atoms with Crippen LogP contribution in [0.2, 0.25) is 0 Å². The van der Waals surface area contributed by atoms with Gasteiger partial charge < -0.3 is 4.90 Å². The molecule has 2 saturated heterocycles. The molecule has 0 unspecified atom stereocenters. The Labute approximate surface area is 119 Å². The van der Waals surface area contributed by atoms with Crippen molar-refractivity contribution < 1.29 is 13.2 Å². The van der Waals surface area contributed by atoms with E-state index in [-0.39, 0.29) is 29.4 Å². The molecular weight excluding hydrogens is 274 g/mol. The lowest BCUT2D eigenvalue weighted by atomic mass is 10.0. The number of amides is 1. The number of rotatable bonds is 2. The molecule has 0 aromatic heterocycles. The summed E-state index contributed by atoms with van der Waals surface area (Å²) < 4.78 is 23.5.